The van der Waals surface area contributed by atoms with Crippen molar-refractivity contribution in [3.63, 3.8) is 0 Å². The van der Waals surface area contributed by atoms with Crippen LogP contribution in [0.4, 0.5) is 23.5 Å². The largest absolute Gasteiger partial charge is 0.452 e. The summed E-state index contributed by atoms with van der Waals surface area (Å²) in [6.45, 7) is 0.482. The Morgan fingerprint density at radius 1 is 0.646 bits per heavy atom. The molecule has 14 heteroatoms. The molecule has 2 aromatic carbocycles. The Morgan fingerprint density at radius 3 is 1.60 bits per heavy atom. The van der Waals surface area contributed by atoms with Gasteiger partial charge in [0, 0.05) is 35.3 Å². The fourth-order valence-corrected chi connectivity index (χ4v) is 6.10. The van der Waals surface area contributed by atoms with Crippen LogP contribution < -0.4 is 31.6 Å². The number of nitrogen functional groups attached to an aromatic ring is 2. The van der Waals surface area contributed by atoms with Gasteiger partial charge in [0.25, 0.3) is 0 Å². The zero-order chi connectivity index (χ0) is 33.9. The molecule has 2 aromatic heterocycles. The topological polar surface area (TPSA) is 187 Å². The Balaban J connectivity index is 0.000000188. The van der Waals surface area contributed by atoms with Crippen molar-refractivity contribution < 1.29 is 19.7 Å². The molecule has 2 heterocycles. The molecule has 2 atom stereocenters. The van der Waals surface area contributed by atoms with E-state index in [4.69, 9.17) is 44.1 Å². The Labute approximate surface area is 290 Å². The second-order valence-electron chi connectivity index (χ2n) is 12.1. The van der Waals surface area contributed by atoms with Crippen molar-refractivity contribution in [3.8, 4) is 23.0 Å². The fraction of sp³-hybridized carbons (Fsp3) is 0.412. The van der Waals surface area contributed by atoms with Crippen LogP contribution in [0.5, 0.6) is 23.0 Å². The third-order valence-corrected chi connectivity index (χ3v) is 8.96. The number of nitrogens with zero attached hydrogens (tertiary/aromatic N) is 4. The van der Waals surface area contributed by atoms with Crippen molar-refractivity contribution >= 4 is 46.7 Å². The molecular formula is C34H42Cl2N8O4. The SMILES string of the molecule is Nc1ncc(Oc2ccc(Cl)cc2)c(NC2CCC(CO)CC2)n1.Nc1ncc(Oc2ccc(Cl)cc2)c(N[C@H]2CCC[C@@H](CO)C2)n1. The number of anilines is 4. The van der Waals surface area contributed by atoms with Crippen LogP contribution in [0, 0.1) is 11.8 Å². The summed E-state index contributed by atoms with van der Waals surface area (Å²) in [7, 11) is 0. The van der Waals surface area contributed by atoms with E-state index in [2.05, 4.69) is 30.6 Å². The van der Waals surface area contributed by atoms with Gasteiger partial charge in [-0.3, -0.25) is 0 Å². The van der Waals surface area contributed by atoms with E-state index < -0.39 is 0 Å². The number of halogens is 2. The lowest BCUT2D eigenvalue weighted by atomic mass is 9.86. The summed E-state index contributed by atoms with van der Waals surface area (Å²) in [4.78, 5) is 16.6. The van der Waals surface area contributed by atoms with Crippen LogP contribution >= 0.6 is 23.2 Å². The average Bonchev–Trinajstić information content (AvgIpc) is 3.10. The minimum absolute atomic E-state index is 0.190. The molecule has 2 aliphatic carbocycles. The molecule has 2 fully saturated rings. The Morgan fingerprint density at radius 2 is 1.12 bits per heavy atom. The van der Waals surface area contributed by atoms with Crippen molar-refractivity contribution in [1.82, 2.24) is 19.9 Å². The first-order valence-electron chi connectivity index (χ1n) is 16.1. The normalized spacial score (nSPS) is 20.6. The highest BCUT2D eigenvalue weighted by Crippen LogP contribution is 2.34. The van der Waals surface area contributed by atoms with Crippen molar-refractivity contribution in [2.24, 2.45) is 11.8 Å². The van der Waals surface area contributed by atoms with E-state index in [1.54, 1.807) is 60.9 Å². The Kier molecular flexibility index (Phi) is 12.7. The summed E-state index contributed by atoms with van der Waals surface area (Å²) >= 11 is 11.8. The van der Waals surface area contributed by atoms with Gasteiger partial charge in [0.05, 0.1) is 12.4 Å². The molecule has 0 spiro atoms. The third kappa shape index (κ3) is 10.4. The zero-order valence-corrected chi connectivity index (χ0v) is 28.1. The van der Waals surface area contributed by atoms with Crippen LogP contribution in [-0.4, -0.2) is 55.4 Å². The van der Waals surface area contributed by atoms with Gasteiger partial charge in [0.15, 0.2) is 23.1 Å². The molecule has 0 radical (unpaired) electrons. The number of benzene rings is 2. The highest BCUT2D eigenvalue weighted by atomic mass is 35.5. The first-order chi connectivity index (χ1) is 23.3. The maximum Gasteiger partial charge on any atom is 0.222 e. The molecule has 0 amide bonds. The van der Waals surface area contributed by atoms with Gasteiger partial charge in [-0.15, -0.1) is 0 Å². The van der Waals surface area contributed by atoms with Crippen LogP contribution in [0.3, 0.4) is 0 Å². The first kappa shape index (κ1) is 35.2. The summed E-state index contributed by atoms with van der Waals surface area (Å²) in [5.41, 5.74) is 11.4. The molecule has 48 heavy (non-hydrogen) atoms. The predicted octanol–water partition coefficient (Wildman–Crippen LogP) is 6.94. The van der Waals surface area contributed by atoms with E-state index in [-0.39, 0.29) is 37.2 Å². The number of ether oxygens (including phenoxy) is 2. The summed E-state index contributed by atoms with van der Waals surface area (Å²) in [6, 6.07) is 14.7. The number of aliphatic hydroxyl groups is 2. The maximum atomic E-state index is 9.38. The summed E-state index contributed by atoms with van der Waals surface area (Å²) < 4.78 is 11.7. The van der Waals surface area contributed by atoms with Gasteiger partial charge < -0.3 is 41.8 Å². The number of hydrogen-bond acceptors (Lipinski definition) is 12. The number of nitrogens with two attached hydrogens (primary N) is 2. The average molecular weight is 698 g/mol. The van der Waals surface area contributed by atoms with Gasteiger partial charge in [0.2, 0.25) is 11.9 Å². The van der Waals surface area contributed by atoms with Gasteiger partial charge in [0.1, 0.15) is 11.5 Å². The van der Waals surface area contributed by atoms with Gasteiger partial charge in [-0.1, -0.05) is 29.6 Å². The standard InChI is InChI=1S/2C17H21ClN4O2/c18-12-3-7-14(8-4-12)24-15-9-20-17(19)22-16(15)21-13-5-1-11(10-23)2-6-13;18-12-4-6-14(7-5-12)24-15-9-20-17(19)22-16(15)21-13-3-1-2-11(8-13)10-23/h3-4,7-9,11,13,23H,1-2,5-6,10H2,(H3,19,20,21,22);4-7,9,11,13,23H,1-3,8,10H2,(H3,19,20,21,22)/t;11-,13+/m.1/s1. The molecule has 0 unspecified atom stereocenters. The summed E-state index contributed by atoms with van der Waals surface area (Å²) in [6.07, 6.45) is 11.2. The minimum Gasteiger partial charge on any atom is -0.452 e. The Hall–Kier alpha value is -4.10. The predicted molar refractivity (Wildman–Crippen MR) is 189 cm³/mol. The number of aromatic nitrogens is 4. The van der Waals surface area contributed by atoms with Crippen LogP contribution in [-0.2, 0) is 0 Å². The molecule has 4 aromatic rings. The van der Waals surface area contributed by atoms with Crippen molar-refractivity contribution in [2.75, 3.05) is 35.3 Å². The van der Waals surface area contributed by atoms with E-state index in [0.29, 0.717) is 56.5 Å². The van der Waals surface area contributed by atoms with E-state index >= 15 is 0 Å². The molecule has 2 saturated carbocycles. The van der Waals surface area contributed by atoms with Crippen molar-refractivity contribution in [1.29, 1.82) is 0 Å². The van der Waals surface area contributed by atoms with Gasteiger partial charge in [-0.2, -0.15) is 9.97 Å². The highest BCUT2D eigenvalue weighted by Gasteiger charge is 2.24. The van der Waals surface area contributed by atoms with Crippen molar-refractivity contribution in [3.05, 3.63) is 71.0 Å². The molecule has 8 N–H and O–H groups in total. The zero-order valence-electron chi connectivity index (χ0n) is 26.6. The van der Waals surface area contributed by atoms with E-state index in [1.807, 2.05) is 0 Å². The van der Waals surface area contributed by atoms with Crippen LogP contribution in [0.15, 0.2) is 60.9 Å². The molecule has 0 saturated heterocycles. The lowest BCUT2D eigenvalue weighted by Crippen LogP contribution is -2.29. The lowest BCUT2D eigenvalue weighted by molar-refractivity contribution is 0.184. The van der Waals surface area contributed by atoms with Crippen molar-refractivity contribution in [2.45, 2.75) is 63.5 Å². The quantitative estimate of drug-likeness (QED) is 0.100. The van der Waals surface area contributed by atoms with Crippen LogP contribution in [0.25, 0.3) is 0 Å². The van der Waals surface area contributed by atoms with Gasteiger partial charge >= 0.3 is 0 Å². The molecule has 6 rings (SSSR count). The van der Waals surface area contributed by atoms with E-state index in [1.165, 1.54) is 0 Å². The molecule has 256 valence electrons. The minimum atomic E-state index is 0.190. The lowest BCUT2D eigenvalue weighted by Gasteiger charge is -2.29. The van der Waals surface area contributed by atoms with E-state index in [9.17, 15) is 10.2 Å². The summed E-state index contributed by atoms with van der Waals surface area (Å²) in [5, 5.41) is 26.7. The first-order valence-corrected chi connectivity index (χ1v) is 16.9. The fourth-order valence-electron chi connectivity index (χ4n) is 5.85. The molecular weight excluding hydrogens is 655 g/mol. The Bertz CT molecular complexity index is 1590. The number of rotatable bonds is 10. The monoisotopic (exact) mass is 696 g/mol. The number of hydrogen-bond donors (Lipinski definition) is 6. The highest BCUT2D eigenvalue weighted by molar-refractivity contribution is 6.30. The smallest absolute Gasteiger partial charge is 0.222 e. The second kappa shape index (κ2) is 17.3. The summed E-state index contributed by atoms with van der Waals surface area (Å²) in [5.74, 6) is 4.62. The second-order valence-corrected chi connectivity index (χ2v) is 13.0. The molecule has 0 bridgehead atoms. The van der Waals surface area contributed by atoms with Crippen LogP contribution in [0.1, 0.15) is 51.4 Å². The molecule has 0 aliphatic heterocycles. The third-order valence-electron chi connectivity index (χ3n) is 8.46. The van der Waals surface area contributed by atoms with Gasteiger partial charge in [-0.05, 0) is 105 Å². The number of aliphatic hydroxyl groups excluding tert-OH is 2. The number of nitrogens with one attached hydrogen (secondary N) is 2. The molecule has 2 aliphatic rings. The van der Waals surface area contributed by atoms with Gasteiger partial charge in [-0.25, -0.2) is 9.97 Å². The maximum absolute atomic E-state index is 9.38. The molecule has 12 nitrogen and oxygen atoms in total. The van der Waals surface area contributed by atoms with E-state index in [0.717, 1.165) is 51.4 Å². The van der Waals surface area contributed by atoms with Crippen LogP contribution in [0.2, 0.25) is 10.0 Å².